The Morgan fingerprint density at radius 1 is 1.21 bits per heavy atom. The van der Waals surface area contributed by atoms with Crippen LogP contribution >= 0.6 is 11.6 Å². The fourth-order valence-corrected chi connectivity index (χ4v) is 3.21. The molecule has 0 saturated heterocycles. The van der Waals surface area contributed by atoms with Crippen LogP contribution in [0.4, 0.5) is 0 Å². The van der Waals surface area contributed by atoms with Gasteiger partial charge >= 0.3 is 0 Å². The van der Waals surface area contributed by atoms with Crippen molar-refractivity contribution in [2.75, 3.05) is 20.3 Å². The normalized spacial score (nSPS) is 12.1. The Morgan fingerprint density at radius 3 is 2.71 bits per heavy atom. The van der Waals surface area contributed by atoms with Crippen molar-refractivity contribution in [1.82, 2.24) is 14.9 Å². The Morgan fingerprint density at radius 2 is 1.96 bits per heavy atom. The van der Waals surface area contributed by atoms with Gasteiger partial charge in [-0.2, -0.15) is 0 Å². The molecule has 0 spiro atoms. The van der Waals surface area contributed by atoms with Gasteiger partial charge in [0.2, 0.25) is 5.91 Å². The third-order valence-corrected chi connectivity index (χ3v) is 4.58. The molecule has 1 aromatic heterocycles. The van der Waals surface area contributed by atoms with Crippen LogP contribution in [0.5, 0.6) is 5.75 Å². The van der Waals surface area contributed by atoms with E-state index >= 15 is 0 Å². The van der Waals surface area contributed by atoms with Crippen LogP contribution in [0.1, 0.15) is 25.2 Å². The molecule has 1 unspecified atom stereocenters. The number of nitrogens with zero attached hydrogens (tertiary/aromatic N) is 2. The first kappa shape index (κ1) is 20.2. The van der Waals surface area contributed by atoms with E-state index in [9.17, 15) is 4.79 Å². The smallest absolute Gasteiger partial charge is 0.246 e. The molecule has 0 aliphatic heterocycles. The van der Waals surface area contributed by atoms with E-state index in [0.717, 1.165) is 35.6 Å². The van der Waals surface area contributed by atoms with Crippen molar-refractivity contribution in [1.29, 1.82) is 0 Å². The minimum Gasteiger partial charge on any atom is -0.494 e. The molecule has 148 valence electrons. The van der Waals surface area contributed by atoms with Gasteiger partial charge in [-0.05, 0) is 49.7 Å². The molecule has 0 radical (unpaired) electrons. The van der Waals surface area contributed by atoms with Gasteiger partial charge in [0.25, 0.3) is 0 Å². The van der Waals surface area contributed by atoms with Crippen molar-refractivity contribution in [2.24, 2.45) is 0 Å². The number of para-hydroxylation sites is 2. The van der Waals surface area contributed by atoms with Crippen molar-refractivity contribution in [3.05, 3.63) is 59.4 Å². The number of amides is 1. The van der Waals surface area contributed by atoms with E-state index in [0.29, 0.717) is 11.6 Å². The van der Waals surface area contributed by atoms with Crippen LogP contribution < -0.4 is 10.1 Å². The maximum absolute atomic E-state index is 11.9. The van der Waals surface area contributed by atoms with E-state index in [1.807, 2.05) is 55.5 Å². The average molecular weight is 402 g/mol. The lowest BCUT2D eigenvalue weighted by molar-refractivity contribution is -0.125. The molecular formula is C21H24ClN3O3. The van der Waals surface area contributed by atoms with Crippen molar-refractivity contribution in [2.45, 2.75) is 25.9 Å². The summed E-state index contributed by atoms with van der Waals surface area (Å²) in [5, 5.41) is 3.62. The van der Waals surface area contributed by atoms with Gasteiger partial charge in [-0.25, -0.2) is 4.98 Å². The van der Waals surface area contributed by atoms with Crippen molar-refractivity contribution < 1.29 is 14.3 Å². The lowest BCUT2D eigenvalue weighted by atomic mass is 10.3. The zero-order chi connectivity index (χ0) is 19.9. The number of imidazole rings is 1. The predicted octanol–water partition coefficient (Wildman–Crippen LogP) is 3.98. The average Bonchev–Trinajstić information content (AvgIpc) is 3.05. The van der Waals surface area contributed by atoms with Gasteiger partial charge in [0.1, 0.15) is 18.2 Å². The van der Waals surface area contributed by atoms with E-state index in [2.05, 4.69) is 9.88 Å². The molecule has 3 rings (SSSR count). The maximum atomic E-state index is 11.9. The first-order valence-electron chi connectivity index (χ1n) is 9.20. The number of carbonyl (C=O) groups excluding carboxylic acids is 1. The third kappa shape index (κ3) is 5.03. The molecule has 0 aliphatic rings. The number of methoxy groups -OCH3 is 1. The van der Waals surface area contributed by atoms with E-state index in [1.54, 1.807) is 0 Å². The molecule has 7 heteroatoms. The molecule has 0 bridgehead atoms. The number of aromatic nitrogens is 2. The van der Waals surface area contributed by atoms with Crippen LogP contribution in [-0.2, 0) is 16.1 Å². The quantitative estimate of drug-likeness (QED) is 0.551. The van der Waals surface area contributed by atoms with Crippen LogP contribution in [0.2, 0.25) is 5.02 Å². The second kappa shape index (κ2) is 9.57. The number of ether oxygens (including phenoxy) is 2. The van der Waals surface area contributed by atoms with Gasteiger partial charge in [0.05, 0.1) is 23.7 Å². The van der Waals surface area contributed by atoms with Gasteiger partial charge in [0, 0.05) is 18.7 Å². The second-order valence-corrected chi connectivity index (χ2v) is 6.92. The summed E-state index contributed by atoms with van der Waals surface area (Å²) in [4.78, 5) is 16.6. The van der Waals surface area contributed by atoms with Gasteiger partial charge in [0.15, 0.2) is 0 Å². The molecule has 1 atom stereocenters. The SMILES string of the molecule is COCC(=O)NC(C)c1nc2ccccc2n1CCCOc1ccc(Cl)cc1. The number of benzene rings is 2. The topological polar surface area (TPSA) is 65.4 Å². The molecule has 28 heavy (non-hydrogen) atoms. The molecule has 0 fully saturated rings. The first-order chi connectivity index (χ1) is 13.6. The fraction of sp³-hybridized carbons (Fsp3) is 0.333. The van der Waals surface area contributed by atoms with Gasteiger partial charge < -0.3 is 19.4 Å². The van der Waals surface area contributed by atoms with E-state index in [-0.39, 0.29) is 18.6 Å². The molecule has 6 nitrogen and oxygen atoms in total. The van der Waals surface area contributed by atoms with E-state index < -0.39 is 0 Å². The summed E-state index contributed by atoms with van der Waals surface area (Å²) < 4.78 is 12.8. The number of hydrogen-bond acceptors (Lipinski definition) is 4. The summed E-state index contributed by atoms with van der Waals surface area (Å²) in [6, 6.07) is 15.1. The molecule has 1 amide bonds. The molecule has 3 aromatic rings. The minimum absolute atomic E-state index is 0.0273. The van der Waals surface area contributed by atoms with Crippen LogP contribution in [0.3, 0.4) is 0 Å². The third-order valence-electron chi connectivity index (χ3n) is 4.33. The Hall–Kier alpha value is -2.57. The maximum Gasteiger partial charge on any atom is 0.246 e. The highest BCUT2D eigenvalue weighted by molar-refractivity contribution is 6.30. The number of fused-ring (bicyclic) bond motifs is 1. The zero-order valence-electron chi connectivity index (χ0n) is 16.0. The summed E-state index contributed by atoms with van der Waals surface area (Å²) in [5.41, 5.74) is 1.95. The van der Waals surface area contributed by atoms with Crippen molar-refractivity contribution >= 4 is 28.5 Å². The summed E-state index contributed by atoms with van der Waals surface area (Å²) in [5.74, 6) is 1.44. The first-order valence-corrected chi connectivity index (χ1v) is 9.58. The standard InChI is InChI=1S/C21H24ClN3O3/c1-15(23-20(26)14-27-2)21-24-18-6-3-4-7-19(18)25(21)12-5-13-28-17-10-8-16(22)9-11-17/h3-4,6-11,15H,5,12-14H2,1-2H3,(H,23,26). The predicted molar refractivity (Wildman–Crippen MR) is 110 cm³/mol. The summed E-state index contributed by atoms with van der Waals surface area (Å²) in [6.07, 6.45) is 0.800. The Bertz CT molecular complexity index is 924. The number of hydrogen-bond donors (Lipinski definition) is 1. The van der Waals surface area contributed by atoms with E-state index in [1.165, 1.54) is 7.11 Å². The van der Waals surface area contributed by atoms with Gasteiger partial charge in [-0.15, -0.1) is 0 Å². The van der Waals surface area contributed by atoms with Crippen molar-refractivity contribution in [3.8, 4) is 5.75 Å². The minimum atomic E-state index is -0.229. The second-order valence-electron chi connectivity index (χ2n) is 6.49. The molecule has 2 aromatic carbocycles. The Labute approximate surface area is 169 Å². The van der Waals surface area contributed by atoms with Crippen LogP contribution in [0.15, 0.2) is 48.5 Å². The van der Waals surface area contributed by atoms with Gasteiger partial charge in [-0.1, -0.05) is 23.7 Å². The lowest BCUT2D eigenvalue weighted by Gasteiger charge is -2.16. The Kier molecular flexibility index (Phi) is 6.90. The largest absolute Gasteiger partial charge is 0.494 e. The highest BCUT2D eigenvalue weighted by Crippen LogP contribution is 2.22. The number of rotatable bonds is 9. The molecule has 0 aliphatic carbocycles. The Balaban J connectivity index is 1.69. The lowest BCUT2D eigenvalue weighted by Crippen LogP contribution is -2.31. The summed E-state index contributed by atoms with van der Waals surface area (Å²) in [6.45, 7) is 3.25. The molecule has 1 N–H and O–H groups in total. The van der Waals surface area contributed by atoms with Crippen molar-refractivity contribution in [3.63, 3.8) is 0 Å². The van der Waals surface area contributed by atoms with Crippen LogP contribution in [0.25, 0.3) is 11.0 Å². The summed E-state index contributed by atoms with van der Waals surface area (Å²) >= 11 is 5.90. The number of halogens is 1. The molecular weight excluding hydrogens is 378 g/mol. The highest BCUT2D eigenvalue weighted by Gasteiger charge is 2.18. The van der Waals surface area contributed by atoms with Gasteiger partial charge in [-0.3, -0.25) is 4.79 Å². The molecule has 0 saturated carbocycles. The monoisotopic (exact) mass is 401 g/mol. The fourth-order valence-electron chi connectivity index (χ4n) is 3.08. The summed E-state index contributed by atoms with van der Waals surface area (Å²) in [7, 11) is 1.50. The van der Waals surface area contributed by atoms with Crippen LogP contribution in [-0.4, -0.2) is 35.8 Å². The number of aryl methyl sites for hydroxylation is 1. The van der Waals surface area contributed by atoms with Crippen LogP contribution in [0, 0.1) is 0 Å². The zero-order valence-corrected chi connectivity index (χ0v) is 16.8. The van der Waals surface area contributed by atoms with E-state index in [4.69, 9.17) is 26.1 Å². The highest BCUT2D eigenvalue weighted by atomic mass is 35.5. The number of carbonyl (C=O) groups is 1. The molecule has 1 heterocycles. The number of nitrogens with one attached hydrogen (secondary N) is 1.